The highest BCUT2D eigenvalue weighted by Crippen LogP contribution is 2.31. The van der Waals surface area contributed by atoms with Crippen LogP contribution in [0, 0.1) is 0 Å². The summed E-state index contributed by atoms with van der Waals surface area (Å²) in [5.74, 6) is 1.44. The lowest BCUT2D eigenvalue weighted by Crippen LogP contribution is -2.38. The van der Waals surface area contributed by atoms with Crippen molar-refractivity contribution in [2.75, 3.05) is 46.6 Å². The molecule has 2 rings (SSSR count). The number of hydrogen-bond donors (Lipinski definition) is 2. The maximum absolute atomic E-state index is 5.48. The number of aryl methyl sites for hydroxylation is 1. The maximum Gasteiger partial charge on any atom is 0.191 e. The molecule has 0 fully saturated rings. The van der Waals surface area contributed by atoms with E-state index in [1.54, 1.807) is 7.11 Å². The number of rotatable bonds is 10. The summed E-state index contributed by atoms with van der Waals surface area (Å²) in [6.45, 7) is 6.73. The summed E-state index contributed by atoms with van der Waals surface area (Å²) in [6.07, 6.45) is 4.66. The van der Waals surface area contributed by atoms with Crippen molar-refractivity contribution < 1.29 is 9.47 Å². The number of hydrogen-bond acceptors (Lipinski definition) is 3. The summed E-state index contributed by atoms with van der Waals surface area (Å²) < 4.78 is 10.4. The molecule has 0 saturated carbocycles. The molecule has 5 nitrogen and oxygen atoms in total. The van der Waals surface area contributed by atoms with E-state index >= 15 is 0 Å². The van der Waals surface area contributed by atoms with Crippen LogP contribution in [0.4, 0.5) is 0 Å². The van der Waals surface area contributed by atoms with Crippen molar-refractivity contribution in [3.05, 3.63) is 35.4 Å². The van der Waals surface area contributed by atoms with Crippen LogP contribution in [0.3, 0.4) is 0 Å². The third kappa shape index (κ3) is 7.04. The average Bonchev–Trinajstić information content (AvgIpc) is 2.65. The lowest BCUT2D eigenvalue weighted by Gasteiger charge is -2.24. The quantitative estimate of drug-likeness (QED) is 0.388. The van der Waals surface area contributed by atoms with Gasteiger partial charge in [0.05, 0.1) is 13.2 Å². The van der Waals surface area contributed by atoms with Gasteiger partial charge in [-0.1, -0.05) is 24.3 Å². The second-order valence-electron chi connectivity index (χ2n) is 6.39. The van der Waals surface area contributed by atoms with Gasteiger partial charge in [-0.25, -0.2) is 0 Å². The van der Waals surface area contributed by atoms with Gasteiger partial charge < -0.3 is 20.1 Å². The van der Waals surface area contributed by atoms with Crippen molar-refractivity contribution in [3.63, 3.8) is 0 Å². The van der Waals surface area contributed by atoms with Gasteiger partial charge in [0.2, 0.25) is 0 Å². The molecular formula is C20H33N3O2. The molecule has 140 valence electrons. The lowest BCUT2D eigenvalue weighted by molar-refractivity contribution is 0.0698. The highest BCUT2D eigenvalue weighted by atomic mass is 16.5. The van der Waals surface area contributed by atoms with E-state index in [1.807, 2.05) is 0 Å². The predicted octanol–water partition coefficient (Wildman–Crippen LogP) is 2.71. The lowest BCUT2D eigenvalue weighted by atomic mass is 9.83. The first-order chi connectivity index (χ1) is 12.3. The first kappa shape index (κ1) is 19.7. The van der Waals surface area contributed by atoms with Gasteiger partial charge in [-0.2, -0.15) is 0 Å². The minimum atomic E-state index is 0.540. The first-order valence-corrected chi connectivity index (χ1v) is 9.51. The Bertz CT molecular complexity index is 519. The predicted molar refractivity (Wildman–Crippen MR) is 103 cm³/mol. The van der Waals surface area contributed by atoms with Crippen LogP contribution in [0.25, 0.3) is 0 Å². The Balaban J connectivity index is 1.78. The minimum Gasteiger partial charge on any atom is -0.382 e. The molecule has 1 atom stereocenters. The minimum absolute atomic E-state index is 0.540. The number of nitrogens with one attached hydrogen (secondary N) is 2. The van der Waals surface area contributed by atoms with Gasteiger partial charge in [0.1, 0.15) is 0 Å². The average molecular weight is 348 g/mol. The van der Waals surface area contributed by atoms with E-state index in [-0.39, 0.29) is 0 Å². The zero-order valence-electron chi connectivity index (χ0n) is 15.7. The van der Waals surface area contributed by atoms with Crippen molar-refractivity contribution in [2.24, 2.45) is 4.99 Å². The van der Waals surface area contributed by atoms with Crippen LogP contribution in [-0.2, 0) is 15.9 Å². The van der Waals surface area contributed by atoms with Gasteiger partial charge in [-0.05, 0) is 43.7 Å². The first-order valence-electron chi connectivity index (χ1n) is 9.51. The Labute approximate surface area is 152 Å². The number of ether oxygens (including phenoxy) is 2. The molecule has 0 amide bonds. The van der Waals surface area contributed by atoms with Crippen molar-refractivity contribution >= 4 is 5.96 Å². The van der Waals surface area contributed by atoms with Crippen LogP contribution in [0.2, 0.25) is 0 Å². The fourth-order valence-corrected chi connectivity index (χ4v) is 3.21. The van der Waals surface area contributed by atoms with Crippen LogP contribution in [0.15, 0.2) is 29.3 Å². The normalized spacial score (nSPS) is 17.2. The Morgan fingerprint density at radius 3 is 2.92 bits per heavy atom. The highest BCUT2D eigenvalue weighted by Gasteiger charge is 2.19. The molecule has 0 saturated heterocycles. The molecule has 1 aromatic rings. The van der Waals surface area contributed by atoms with E-state index in [0.717, 1.165) is 38.6 Å². The van der Waals surface area contributed by atoms with Gasteiger partial charge in [0.25, 0.3) is 0 Å². The number of benzene rings is 1. The van der Waals surface area contributed by atoms with E-state index < -0.39 is 0 Å². The number of guanidine groups is 1. The molecule has 1 aliphatic rings. The van der Waals surface area contributed by atoms with Crippen LogP contribution in [0.5, 0.6) is 0 Å². The molecule has 0 radical (unpaired) electrons. The summed E-state index contributed by atoms with van der Waals surface area (Å²) in [5, 5.41) is 6.74. The Kier molecular flexibility index (Phi) is 9.37. The van der Waals surface area contributed by atoms with Crippen molar-refractivity contribution in [1.82, 2.24) is 10.6 Å². The number of methoxy groups -OCH3 is 1. The molecule has 1 aliphatic carbocycles. The van der Waals surface area contributed by atoms with Crippen LogP contribution in [0.1, 0.15) is 43.2 Å². The maximum atomic E-state index is 5.48. The molecular weight excluding hydrogens is 314 g/mol. The van der Waals surface area contributed by atoms with E-state index in [4.69, 9.17) is 14.5 Å². The number of nitrogens with zero attached hydrogens (tertiary/aromatic N) is 1. The molecule has 25 heavy (non-hydrogen) atoms. The number of fused-ring (bicyclic) bond motifs is 1. The largest absolute Gasteiger partial charge is 0.382 e. The molecule has 0 heterocycles. The summed E-state index contributed by atoms with van der Waals surface area (Å²) in [5.41, 5.74) is 2.99. The van der Waals surface area contributed by atoms with E-state index in [1.165, 1.54) is 30.4 Å². The van der Waals surface area contributed by atoms with Crippen LogP contribution in [-0.4, -0.2) is 52.5 Å². The smallest absolute Gasteiger partial charge is 0.191 e. The monoisotopic (exact) mass is 347 g/mol. The zero-order valence-corrected chi connectivity index (χ0v) is 15.7. The zero-order chi connectivity index (χ0) is 17.7. The van der Waals surface area contributed by atoms with Gasteiger partial charge >= 0.3 is 0 Å². The summed E-state index contributed by atoms with van der Waals surface area (Å²) in [4.78, 5) is 4.82. The van der Waals surface area contributed by atoms with Gasteiger partial charge in [0.15, 0.2) is 5.96 Å². The molecule has 0 aromatic heterocycles. The molecule has 2 N–H and O–H groups in total. The third-order valence-corrected chi connectivity index (χ3v) is 4.50. The second-order valence-corrected chi connectivity index (χ2v) is 6.39. The third-order valence-electron chi connectivity index (χ3n) is 4.50. The number of aliphatic imine (C=N–C) groups is 1. The van der Waals surface area contributed by atoms with Crippen molar-refractivity contribution in [2.45, 2.75) is 38.5 Å². The molecule has 0 aliphatic heterocycles. The van der Waals surface area contributed by atoms with Gasteiger partial charge in [-0.3, -0.25) is 4.99 Å². The molecule has 5 heteroatoms. The summed E-state index contributed by atoms with van der Waals surface area (Å²) >= 11 is 0. The second kappa shape index (κ2) is 11.9. The van der Waals surface area contributed by atoms with Crippen molar-refractivity contribution in [1.29, 1.82) is 0 Å². The molecule has 1 aromatic carbocycles. The summed E-state index contributed by atoms with van der Waals surface area (Å²) in [7, 11) is 1.69. The molecule has 0 spiro atoms. The Morgan fingerprint density at radius 2 is 2.08 bits per heavy atom. The summed E-state index contributed by atoms with van der Waals surface area (Å²) in [6, 6.07) is 8.82. The van der Waals surface area contributed by atoms with Crippen molar-refractivity contribution in [3.8, 4) is 0 Å². The standard InChI is InChI=1S/C20H33N3O2/c1-3-21-20(22-12-7-13-25-15-14-24-2)23-16-18-10-6-9-17-8-4-5-11-19(17)18/h4-5,8,11,18H,3,6-7,9-10,12-16H2,1-2H3,(H2,21,22,23). The molecule has 1 unspecified atom stereocenters. The highest BCUT2D eigenvalue weighted by molar-refractivity contribution is 5.79. The topological polar surface area (TPSA) is 54.9 Å². The van der Waals surface area contributed by atoms with E-state index in [9.17, 15) is 0 Å². The Hall–Kier alpha value is -1.59. The SMILES string of the molecule is CCNC(=NCC1CCCc2ccccc21)NCCCOCCOC. The fraction of sp³-hybridized carbons (Fsp3) is 0.650. The Morgan fingerprint density at radius 1 is 1.20 bits per heavy atom. The van der Waals surface area contributed by atoms with Gasteiger partial charge in [-0.15, -0.1) is 0 Å². The molecule has 0 bridgehead atoms. The fourth-order valence-electron chi connectivity index (χ4n) is 3.21. The van der Waals surface area contributed by atoms with Gasteiger partial charge in [0, 0.05) is 39.3 Å². The van der Waals surface area contributed by atoms with Crippen LogP contribution >= 0.6 is 0 Å². The van der Waals surface area contributed by atoms with Crippen LogP contribution < -0.4 is 10.6 Å². The van der Waals surface area contributed by atoms with E-state index in [0.29, 0.717) is 19.1 Å². The van der Waals surface area contributed by atoms with E-state index in [2.05, 4.69) is 41.8 Å².